The van der Waals surface area contributed by atoms with Crippen LogP contribution < -0.4 is 10.6 Å². The minimum absolute atomic E-state index is 0.134. The van der Waals surface area contributed by atoms with Gasteiger partial charge in [-0.25, -0.2) is 0 Å². The number of rotatable bonds is 8. The molecule has 23 heavy (non-hydrogen) atoms. The highest BCUT2D eigenvalue weighted by atomic mass is 35.5. The van der Waals surface area contributed by atoms with Gasteiger partial charge in [-0.1, -0.05) is 40.8 Å². The second-order valence-electron chi connectivity index (χ2n) is 4.61. The van der Waals surface area contributed by atoms with E-state index in [9.17, 15) is 4.79 Å². The van der Waals surface area contributed by atoms with Gasteiger partial charge in [0, 0.05) is 13.7 Å². The van der Waals surface area contributed by atoms with Crippen molar-refractivity contribution in [2.24, 2.45) is 0 Å². The number of anilines is 2. The number of aryl methyl sites for hydroxylation is 1. The summed E-state index contributed by atoms with van der Waals surface area (Å²) >= 11 is 8.83. The van der Waals surface area contributed by atoms with E-state index in [2.05, 4.69) is 20.8 Å². The number of halogens is 1. The van der Waals surface area contributed by atoms with E-state index in [1.807, 2.05) is 19.1 Å². The van der Waals surface area contributed by atoms with E-state index < -0.39 is 0 Å². The van der Waals surface area contributed by atoms with Gasteiger partial charge in [-0.05, 0) is 24.6 Å². The first-order valence-corrected chi connectivity index (χ1v) is 9.01. The normalized spacial score (nSPS) is 10.6. The molecular formula is C14H17ClN4O2S2. The molecule has 1 heterocycles. The molecule has 6 nitrogen and oxygen atoms in total. The highest BCUT2D eigenvalue weighted by Crippen LogP contribution is 2.26. The van der Waals surface area contributed by atoms with Crippen molar-refractivity contribution in [1.82, 2.24) is 10.2 Å². The van der Waals surface area contributed by atoms with Crippen LogP contribution in [-0.4, -0.2) is 42.1 Å². The van der Waals surface area contributed by atoms with E-state index in [4.69, 9.17) is 16.3 Å². The Morgan fingerprint density at radius 1 is 1.43 bits per heavy atom. The Morgan fingerprint density at radius 3 is 3.00 bits per heavy atom. The maximum absolute atomic E-state index is 12.0. The lowest BCUT2D eigenvalue weighted by atomic mass is 10.2. The minimum atomic E-state index is -0.134. The van der Waals surface area contributed by atoms with Crippen LogP contribution >= 0.6 is 34.7 Å². The Hall–Kier alpha value is -1.35. The number of methoxy groups -OCH3 is 1. The predicted octanol–water partition coefficient (Wildman–Crippen LogP) is 3.29. The molecule has 124 valence electrons. The third-order valence-electron chi connectivity index (χ3n) is 2.71. The van der Waals surface area contributed by atoms with Crippen molar-refractivity contribution < 1.29 is 9.53 Å². The Labute approximate surface area is 148 Å². The van der Waals surface area contributed by atoms with Crippen LogP contribution in [0.4, 0.5) is 10.8 Å². The van der Waals surface area contributed by atoms with Crippen LogP contribution in [0.3, 0.4) is 0 Å². The highest BCUT2D eigenvalue weighted by molar-refractivity contribution is 8.01. The lowest BCUT2D eigenvalue weighted by Gasteiger charge is -2.07. The van der Waals surface area contributed by atoms with Crippen LogP contribution in [0.2, 0.25) is 5.02 Å². The molecule has 0 aliphatic heterocycles. The predicted molar refractivity (Wildman–Crippen MR) is 95.8 cm³/mol. The van der Waals surface area contributed by atoms with Gasteiger partial charge in [0.15, 0.2) is 4.34 Å². The molecule has 0 saturated heterocycles. The second-order valence-corrected chi connectivity index (χ2v) is 7.22. The summed E-state index contributed by atoms with van der Waals surface area (Å²) in [6.07, 6.45) is 0. The molecule has 1 aromatic heterocycles. The summed E-state index contributed by atoms with van der Waals surface area (Å²) < 4.78 is 5.68. The standard InChI is InChI=1S/C14H17ClN4O2S2/c1-9-3-4-11(10(15)7-9)17-12(20)8-22-14-19-18-13(23-14)16-5-6-21-2/h3-4,7H,5-6,8H2,1-2H3,(H,16,18)(H,17,20). The summed E-state index contributed by atoms with van der Waals surface area (Å²) in [5, 5.41) is 15.2. The molecule has 0 bridgehead atoms. The number of hydrogen-bond acceptors (Lipinski definition) is 7. The number of aromatic nitrogens is 2. The second kappa shape index (κ2) is 9.07. The minimum Gasteiger partial charge on any atom is -0.383 e. The number of benzene rings is 1. The van der Waals surface area contributed by atoms with Crippen LogP contribution in [0, 0.1) is 6.92 Å². The van der Waals surface area contributed by atoms with Gasteiger partial charge in [-0.3, -0.25) is 4.79 Å². The average molecular weight is 373 g/mol. The zero-order chi connectivity index (χ0) is 16.7. The largest absolute Gasteiger partial charge is 0.383 e. The molecule has 0 fully saturated rings. The fraction of sp³-hybridized carbons (Fsp3) is 0.357. The molecule has 9 heteroatoms. The number of hydrogen-bond donors (Lipinski definition) is 2. The molecule has 0 unspecified atom stereocenters. The number of thioether (sulfide) groups is 1. The Balaban J connectivity index is 1.80. The average Bonchev–Trinajstić information content (AvgIpc) is 2.96. The Morgan fingerprint density at radius 2 is 2.26 bits per heavy atom. The number of carbonyl (C=O) groups is 1. The van der Waals surface area contributed by atoms with E-state index in [1.165, 1.54) is 23.1 Å². The van der Waals surface area contributed by atoms with Gasteiger partial charge in [0.1, 0.15) is 0 Å². The topological polar surface area (TPSA) is 76.1 Å². The lowest BCUT2D eigenvalue weighted by molar-refractivity contribution is -0.113. The summed E-state index contributed by atoms with van der Waals surface area (Å²) in [6, 6.07) is 5.51. The summed E-state index contributed by atoms with van der Waals surface area (Å²) in [4.78, 5) is 12.0. The molecule has 1 amide bonds. The SMILES string of the molecule is COCCNc1nnc(SCC(=O)Nc2ccc(C)cc2Cl)s1. The molecule has 0 aliphatic carbocycles. The monoisotopic (exact) mass is 372 g/mol. The van der Waals surface area contributed by atoms with E-state index in [1.54, 1.807) is 13.2 Å². The van der Waals surface area contributed by atoms with Gasteiger partial charge in [0.25, 0.3) is 0 Å². The van der Waals surface area contributed by atoms with Gasteiger partial charge >= 0.3 is 0 Å². The first-order valence-electron chi connectivity index (χ1n) is 6.83. The number of carbonyl (C=O) groups excluding carboxylic acids is 1. The molecule has 2 rings (SSSR count). The summed E-state index contributed by atoms with van der Waals surface area (Å²) in [5.41, 5.74) is 1.66. The van der Waals surface area contributed by atoms with E-state index in [0.717, 1.165) is 9.90 Å². The lowest BCUT2D eigenvalue weighted by Crippen LogP contribution is -2.14. The fourth-order valence-electron chi connectivity index (χ4n) is 1.63. The number of nitrogens with zero attached hydrogens (tertiary/aromatic N) is 2. The van der Waals surface area contributed by atoms with Gasteiger partial charge in [-0.15, -0.1) is 10.2 Å². The van der Waals surface area contributed by atoms with E-state index in [0.29, 0.717) is 29.0 Å². The third kappa shape index (κ3) is 5.98. The van der Waals surface area contributed by atoms with Crippen LogP contribution in [0.15, 0.2) is 22.5 Å². The van der Waals surface area contributed by atoms with Gasteiger partial charge in [0.2, 0.25) is 11.0 Å². The third-order valence-corrected chi connectivity index (χ3v) is 5.04. The van der Waals surface area contributed by atoms with Crippen molar-refractivity contribution in [2.45, 2.75) is 11.3 Å². The molecular weight excluding hydrogens is 356 g/mol. The quantitative estimate of drug-likeness (QED) is 0.547. The van der Waals surface area contributed by atoms with Crippen LogP contribution in [0.1, 0.15) is 5.56 Å². The molecule has 2 aromatic rings. The maximum Gasteiger partial charge on any atom is 0.234 e. The van der Waals surface area contributed by atoms with Crippen molar-refractivity contribution in [3.05, 3.63) is 28.8 Å². The van der Waals surface area contributed by atoms with Crippen molar-refractivity contribution in [1.29, 1.82) is 0 Å². The fourth-order valence-corrected chi connectivity index (χ4v) is 3.49. The molecule has 0 aliphatic rings. The smallest absolute Gasteiger partial charge is 0.234 e. The Bertz CT molecular complexity index is 666. The van der Waals surface area contributed by atoms with Gasteiger partial charge in [0.05, 0.1) is 23.1 Å². The summed E-state index contributed by atoms with van der Waals surface area (Å²) in [5.74, 6) is 0.113. The summed E-state index contributed by atoms with van der Waals surface area (Å²) in [7, 11) is 1.64. The van der Waals surface area contributed by atoms with Crippen molar-refractivity contribution in [3.63, 3.8) is 0 Å². The molecule has 2 N–H and O–H groups in total. The molecule has 0 saturated carbocycles. The molecule has 1 aromatic carbocycles. The Kier molecular flexibility index (Phi) is 7.10. The number of nitrogens with one attached hydrogen (secondary N) is 2. The van der Waals surface area contributed by atoms with Crippen LogP contribution in [-0.2, 0) is 9.53 Å². The first kappa shape index (κ1) is 18.0. The molecule has 0 atom stereocenters. The number of amides is 1. The van der Waals surface area contributed by atoms with Crippen molar-refractivity contribution >= 4 is 51.4 Å². The van der Waals surface area contributed by atoms with E-state index in [-0.39, 0.29) is 11.7 Å². The van der Waals surface area contributed by atoms with Crippen LogP contribution in [0.25, 0.3) is 0 Å². The molecule has 0 radical (unpaired) electrons. The first-order chi connectivity index (χ1) is 11.1. The van der Waals surface area contributed by atoms with Crippen molar-refractivity contribution in [2.75, 3.05) is 36.6 Å². The zero-order valence-corrected chi connectivity index (χ0v) is 15.1. The van der Waals surface area contributed by atoms with Gasteiger partial charge < -0.3 is 15.4 Å². The number of ether oxygens (including phenoxy) is 1. The summed E-state index contributed by atoms with van der Waals surface area (Å²) in [6.45, 7) is 3.21. The van der Waals surface area contributed by atoms with Crippen molar-refractivity contribution in [3.8, 4) is 0 Å². The molecule has 0 spiro atoms. The van der Waals surface area contributed by atoms with E-state index >= 15 is 0 Å². The zero-order valence-electron chi connectivity index (χ0n) is 12.8. The maximum atomic E-state index is 12.0. The van der Waals surface area contributed by atoms with Gasteiger partial charge in [-0.2, -0.15) is 0 Å². The van der Waals surface area contributed by atoms with Crippen LogP contribution in [0.5, 0.6) is 0 Å². The highest BCUT2D eigenvalue weighted by Gasteiger charge is 2.10.